The fourth-order valence-electron chi connectivity index (χ4n) is 0.609. The van der Waals surface area contributed by atoms with Crippen LogP contribution in [0.25, 0.3) is 0 Å². The van der Waals surface area contributed by atoms with Crippen molar-refractivity contribution >= 4 is 21.6 Å². The first kappa shape index (κ1) is 7.68. The van der Waals surface area contributed by atoms with E-state index in [0.717, 1.165) is 11.3 Å². The minimum absolute atomic E-state index is 0.187. The molecule has 0 bridgehead atoms. The molecule has 5 heteroatoms. The molecule has 0 aliphatic rings. The van der Waals surface area contributed by atoms with Crippen LogP contribution in [0.15, 0.2) is 15.7 Å². The zero-order chi connectivity index (χ0) is 7.78. The van der Waals surface area contributed by atoms with Gasteiger partial charge in [0.1, 0.15) is 0 Å². The topological polar surface area (TPSA) is 34.1 Å². The van der Waals surface area contributed by atoms with Crippen molar-refractivity contribution < 1.29 is 12.3 Å². The predicted molar refractivity (Wildman–Crippen MR) is 37.3 cm³/mol. The van der Waals surface area contributed by atoms with Crippen molar-refractivity contribution in [2.75, 3.05) is 0 Å². The third kappa shape index (κ3) is 1.35. The maximum atomic E-state index is 12.2. The number of aryl methyl sites for hydroxylation is 1. The average molecular weight is 180 g/mol. The highest BCUT2D eigenvalue weighted by Crippen LogP contribution is 2.22. The number of hydrogen-bond donors (Lipinski definition) is 0. The summed E-state index contributed by atoms with van der Waals surface area (Å²) in [5.74, 6) is 0. The Morgan fingerprint density at radius 1 is 1.60 bits per heavy atom. The van der Waals surface area contributed by atoms with Gasteiger partial charge in [-0.05, 0) is 23.9 Å². The van der Waals surface area contributed by atoms with Crippen LogP contribution in [0.1, 0.15) is 5.56 Å². The van der Waals surface area contributed by atoms with Gasteiger partial charge in [-0.1, -0.05) is 3.89 Å². The number of hydrogen-bond acceptors (Lipinski definition) is 3. The Hall–Kier alpha value is -0.420. The molecule has 1 aromatic rings. The normalized spacial score (nSPS) is 11.8. The van der Waals surface area contributed by atoms with Crippen molar-refractivity contribution in [1.29, 1.82) is 0 Å². The van der Waals surface area contributed by atoms with Gasteiger partial charge in [-0.15, -0.1) is 11.3 Å². The van der Waals surface area contributed by atoms with Crippen LogP contribution in [0, 0.1) is 6.92 Å². The van der Waals surface area contributed by atoms with Gasteiger partial charge in [0.05, 0.1) is 0 Å². The second-order valence-corrected chi connectivity index (χ2v) is 4.29. The maximum Gasteiger partial charge on any atom is 0.341 e. The fourth-order valence-corrected chi connectivity index (χ4v) is 2.34. The van der Waals surface area contributed by atoms with Gasteiger partial charge in [-0.2, -0.15) is 8.42 Å². The molecule has 0 atom stereocenters. The van der Waals surface area contributed by atoms with E-state index in [4.69, 9.17) is 0 Å². The molecule has 0 unspecified atom stereocenters. The molecule has 0 radical (unpaired) electrons. The van der Waals surface area contributed by atoms with E-state index in [1.807, 2.05) is 0 Å². The second kappa shape index (κ2) is 2.32. The molecule has 1 aromatic heterocycles. The third-order valence-electron chi connectivity index (χ3n) is 1.04. The van der Waals surface area contributed by atoms with E-state index in [-0.39, 0.29) is 4.21 Å². The smallest absolute Gasteiger partial charge is 0.188 e. The molecular weight excluding hydrogens is 175 g/mol. The SMILES string of the molecule is Cc1ccsc1S(=O)(=O)F. The third-order valence-corrected chi connectivity index (χ3v) is 3.50. The summed E-state index contributed by atoms with van der Waals surface area (Å²) in [5, 5.41) is 1.54. The first-order chi connectivity index (χ1) is 4.52. The average Bonchev–Trinajstić information content (AvgIpc) is 2.11. The van der Waals surface area contributed by atoms with E-state index < -0.39 is 10.2 Å². The molecule has 1 rings (SSSR count). The number of rotatable bonds is 1. The molecule has 10 heavy (non-hydrogen) atoms. The Balaban J connectivity index is 3.32. The first-order valence-electron chi connectivity index (χ1n) is 2.50. The number of thiophene rings is 1. The maximum absolute atomic E-state index is 12.2. The van der Waals surface area contributed by atoms with E-state index >= 15 is 0 Å². The lowest BCUT2D eigenvalue weighted by molar-refractivity contribution is 0.554. The summed E-state index contributed by atoms with van der Waals surface area (Å²) in [6.45, 7) is 1.56. The predicted octanol–water partition coefficient (Wildman–Crippen LogP) is 1.71. The summed E-state index contributed by atoms with van der Waals surface area (Å²) < 4.78 is 32.5. The van der Waals surface area contributed by atoms with E-state index in [2.05, 4.69) is 0 Å². The minimum Gasteiger partial charge on any atom is -0.188 e. The van der Waals surface area contributed by atoms with Gasteiger partial charge in [0.25, 0.3) is 0 Å². The largest absolute Gasteiger partial charge is 0.341 e. The molecule has 0 saturated carbocycles. The van der Waals surface area contributed by atoms with E-state index in [0.29, 0.717) is 5.56 Å². The molecular formula is C5H5FO2S2. The molecule has 0 fully saturated rings. The summed E-state index contributed by atoms with van der Waals surface area (Å²) in [6.07, 6.45) is 0. The summed E-state index contributed by atoms with van der Waals surface area (Å²) in [5.41, 5.74) is 0.465. The van der Waals surface area contributed by atoms with Gasteiger partial charge < -0.3 is 0 Å². The molecule has 0 N–H and O–H groups in total. The quantitative estimate of drug-likeness (QED) is 0.616. The highest BCUT2D eigenvalue weighted by atomic mass is 32.3. The van der Waals surface area contributed by atoms with Crippen molar-refractivity contribution in [2.45, 2.75) is 11.1 Å². The van der Waals surface area contributed by atoms with E-state index in [1.165, 1.54) is 0 Å². The number of halogens is 1. The lowest BCUT2D eigenvalue weighted by atomic mass is 10.4. The summed E-state index contributed by atoms with van der Waals surface area (Å²) >= 11 is 0.894. The van der Waals surface area contributed by atoms with Crippen LogP contribution in [-0.2, 0) is 10.2 Å². The molecule has 0 aliphatic carbocycles. The molecule has 0 spiro atoms. The standard InChI is InChI=1S/C5H5FO2S2/c1-4-2-3-9-5(4)10(6,7)8/h2-3H,1H3. The summed E-state index contributed by atoms with van der Waals surface area (Å²) in [6, 6.07) is 1.57. The van der Waals surface area contributed by atoms with Crippen molar-refractivity contribution in [3.63, 3.8) is 0 Å². The minimum atomic E-state index is -4.47. The van der Waals surface area contributed by atoms with Crippen molar-refractivity contribution in [3.8, 4) is 0 Å². The molecule has 56 valence electrons. The van der Waals surface area contributed by atoms with E-state index in [1.54, 1.807) is 18.4 Å². The summed E-state index contributed by atoms with van der Waals surface area (Å²) in [7, 11) is -4.47. The van der Waals surface area contributed by atoms with Crippen LogP contribution >= 0.6 is 11.3 Å². The molecule has 1 heterocycles. The Morgan fingerprint density at radius 2 is 2.20 bits per heavy atom. The van der Waals surface area contributed by atoms with E-state index in [9.17, 15) is 12.3 Å². The van der Waals surface area contributed by atoms with Gasteiger partial charge in [0.15, 0.2) is 4.21 Å². The van der Waals surface area contributed by atoms with Gasteiger partial charge in [-0.3, -0.25) is 0 Å². The Labute approximate surface area is 62.5 Å². The van der Waals surface area contributed by atoms with Gasteiger partial charge >= 0.3 is 10.2 Å². The molecule has 0 aromatic carbocycles. The molecule has 2 nitrogen and oxygen atoms in total. The second-order valence-electron chi connectivity index (χ2n) is 1.83. The fraction of sp³-hybridized carbons (Fsp3) is 0.200. The first-order valence-corrected chi connectivity index (χ1v) is 4.77. The van der Waals surface area contributed by atoms with Gasteiger partial charge in [0.2, 0.25) is 0 Å². The van der Waals surface area contributed by atoms with Crippen molar-refractivity contribution in [1.82, 2.24) is 0 Å². The zero-order valence-electron chi connectivity index (χ0n) is 5.17. The monoisotopic (exact) mass is 180 g/mol. The van der Waals surface area contributed by atoms with Crippen LogP contribution in [0.2, 0.25) is 0 Å². The Kier molecular flexibility index (Phi) is 1.78. The van der Waals surface area contributed by atoms with Crippen LogP contribution in [0.4, 0.5) is 3.89 Å². The lowest BCUT2D eigenvalue weighted by Crippen LogP contribution is -1.88. The van der Waals surface area contributed by atoms with Crippen molar-refractivity contribution in [3.05, 3.63) is 17.0 Å². The molecule has 0 aliphatic heterocycles. The van der Waals surface area contributed by atoms with Gasteiger partial charge in [-0.25, -0.2) is 0 Å². The van der Waals surface area contributed by atoms with Crippen LogP contribution in [0.3, 0.4) is 0 Å². The molecule has 0 saturated heterocycles. The summed E-state index contributed by atoms with van der Waals surface area (Å²) in [4.78, 5) is 0. The Bertz CT molecular complexity index is 325. The lowest BCUT2D eigenvalue weighted by Gasteiger charge is -1.87. The van der Waals surface area contributed by atoms with Gasteiger partial charge in [0, 0.05) is 0 Å². The van der Waals surface area contributed by atoms with Crippen molar-refractivity contribution in [2.24, 2.45) is 0 Å². The highest BCUT2D eigenvalue weighted by molar-refractivity contribution is 7.88. The van der Waals surface area contributed by atoms with Crippen LogP contribution < -0.4 is 0 Å². The highest BCUT2D eigenvalue weighted by Gasteiger charge is 2.15. The van der Waals surface area contributed by atoms with Crippen LogP contribution in [-0.4, -0.2) is 8.42 Å². The molecule has 0 amide bonds. The van der Waals surface area contributed by atoms with Crippen LogP contribution in [0.5, 0.6) is 0 Å². The Morgan fingerprint density at radius 3 is 2.40 bits per heavy atom. The zero-order valence-corrected chi connectivity index (χ0v) is 6.80.